The molecule has 0 saturated heterocycles. The Morgan fingerprint density at radius 1 is 0.828 bits per heavy atom. The SMILES string of the molecule is CC(=O)On1c2ccccc2c2ccc(OCCCOc3cccc(C)c3)cc21. The Morgan fingerprint density at radius 2 is 1.55 bits per heavy atom. The summed E-state index contributed by atoms with van der Waals surface area (Å²) >= 11 is 0. The topological polar surface area (TPSA) is 49.7 Å². The maximum Gasteiger partial charge on any atom is 0.329 e. The van der Waals surface area contributed by atoms with Crippen LogP contribution in [0.1, 0.15) is 18.9 Å². The number of carbonyl (C=O) groups is 1. The molecule has 3 aromatic carbocycles. The second-order valence-corrected chi connectivity index (χ2v) is 6.94. The van der Waals surface area contributed by atoms with Gasteiger partial charge in [0.25, 0.3) is 0 Å². The first-order valence-electron chi connectivity index (χ1n) is 9.66. The van der Waals surface area contributed by atoms with Crippen molar-refractivity contribution in [3.63, 3.8) is 0 Å². The molecule has 1 aromatic heterocycles. The van der Waals surface area contributed by atoms with E-state index in [9.17, 15) is 4.79 Å². The summed E-state index contributed by atoms with van der Waals surface area (Å²) in [4.78, 5) is 17.0. The van der Waals surface area contributed by atoms with E-state index in [1.54, 1.807) is 4.73 Å². The molecule has 0 spiro atoms. The quantitative estimate of drug-likeness (QED) is 0.421. The Morgan fingerprint density at radius 3 is 2.31 bits per heavy atom. The summed E-state index contributed by atoms with van der Waals surface area (Å²) in [5, 5.41) is 2.04. The van der Waals surface area contributed by atoms with Gasteiger partial charge in [0.1, 0.15) is 11.5 Å². The highest BCUT2D eigenvalue weighted by molar-refractivity contribution is 6.08. The first kappa shape index (κ1) is 18.9. The van der Waals surface area contributed by atoms with Crippen LogP contribution in [0.15, 0.2) is 66.7 Å². The predicted octanol–water partition coefficient (Wildman–Crippen LogP) is 4.93. The summed E-state index contributed by atoms with van der Waals surface area (Å²) in [7, 11) is 0. The van der Waals surface area contributed by atoms with E-state index in [0.717, 1.165) is 39.7 Å². The zero-order valence-electron chi connectivity index (χ0n) is 16.6. The molecular formula is C24H23NO4. The van der Waals surface area contributed by atoms with Crippen LogP contribution in [0.4, 0.5) is 0 Å². The molecule has 0 aliphatic rings. The van der Waals surface area contributed by atoms with Gasteiger partial charge < -0.3 is 14.3 Å². The Kier molecular flexibility index (Phi) is 5.38. The van der Waals surface area contributed by atoms with Crippen molar-refractivity contribution in [2.45, 2.75) is 20.3 Å². The number of aryl methyl sites for hydroxylation is 1. The number of carbonyl (C=O) groups excluding carboxylic acids is 1. The Hall–Kier alpha value is -3.47. The van der Waals surface area contributed by atoms with Crippen molar-refractivity contribution in [1.82, 2.24) is 4.73 Å². The molecule has 4 rings (SSSR count). The molecule has 0 aliphatic carbocycles. The molecule has 4 aromatic rings. The highest BCUT2D eigenvalue weighted by atomic mass is 16.7. The van der Waals surface area contributed by atoms with Gasteiger partial charge in [-0.15, -0.1) is 0 Å². The average Bonchev–Trinajstić information content (AvgIpc) is 3.01. The largest absolute Gasteiger partial charge is 0.493 e. The molecule has 0 atom stereocenters. The normalized spacial score (nSPS) is 11.0. The molecule has 5 nitrogen and oxygen atoms in total. The number of fused-ring (bicyclic) bond motifs is 3. The van der Waals surface area contributed by atoms with Gasteiger partial charge in [-0.1, -0.05) is 30.3 Å². The van der Waals surface area contributed by atoms with Gasteiger partial charge in [-0.05, 0) is 42.8 Å². The van der Waals surface area contributed by atoms with Crippen LogP contribution in [0.25, 0.3) is 21.8 Å². The van der Waals surface area contributed by atoms with Crippen LogP contribution in [-0.2, 0) is 4.79 Å². The summed E-state index contributed by atoms with van der Waals surface area (Å²) in [6.45, 7) is 4.56. The number of ether oxygens (including phenoxy) is 2. The zero-order chi connectivity index (χ0) is 20.2. The maximum absolute atomic E-state index is 11.6. The number of aromatic nitrogens is 1. The van der Waals surface area contributed by atoms with E-state index in [2.05, 4.69) is 0 Å². The molecule has 0 radical (unpaired) electrons. The molecule has 0 N–H and O–H groups in total. The monoisotopic (exact) mass is 389 g/mol. The highest BCUT2D eigenvalue weighted by Crippen LogP contribution is 2.31. The lowest BCUT2D eigenvalue weighted by atomic mass is 10.1. The van der Waals surface area contributed by atoms with Crippen molar-refractivity contribution in [2.75, 3.05) is 13.2 Å². The number of hydrogen-bond acceptors (Lipinski definition) is 4. The second-order valence-electron chi connectivity index (χ2n) is 6.94. The fraction of sp³-hybridized carbons (Fsp3) is 0.208. The lowest BCUT2D eigenvalue weighted by Gasteiger charge is -2.09. The van der Waals surface area contributed by atoms with E-state index in [-0.39, 0.29) is 5.97 Å². The van der Waals surface area contributed by atoms with Gasteiger partial charge in [-0.3, -0.25) is 0 Å². The number of para-hydroxylation sites is 1. The van der Waals surface area contributed by atoms with E-state index in [1.165, 1.54) is 12.5 Å². The van der Waals surface area contributed by atoms with Crippen molar-refractivity contribution < 1.29 is 19.1 Å². The van der Waals surface area contributed by atoms with Crippen LogP contribution in [-0.4, -0.2) is 23.9 Å². The minimum absolute atomic E-state index is 0.368. The third-order valence-corrected chi connectivity index (χ3v) is 4.64. The lowest BCUT2D eigenvalue weighted by Crippen LogP contribution is -2.15. The maximum atomic E-state index is 11.6. The summed E-state index contributed by atoms with van der Waals surface area (Å²) in [5.41, 5.74) is 2.83. The van der Waals surface area contributed by atoms with E-state index < -0.39 is 0 Å². The smallest absolute Gasteiger partial charge is 0.329 e. The van der Waals surface area contributed by atoms with Gasteiger partial charge >= 0.3 is 5.97 Å². The Bertz CT molecular complexity index is 1160. The predicted molar refractivity (Wildman–Crippen MR) is 113 cm³/mol. The summed E-state index contributed by atoms with van der Waals surface area (Å²) in [6.07, 6.45) is 0.763. The third kappa shape index (κ3) is 4.19. The molecule has 0 unspecified atom stereocenters. The van der Waals surface area contributed by atoms with Crippen LogP contribution in [0.2, 0.25) is 0 Å². The fourth-order valence-electron chi connectivity index (χ4n) is 3.38. The minimum Gasteiger partial charge on any atom is -0.493 e. The fourth-order valence-corrected chi connectivity index (χ4v) is 3.38. The standard InChI is InChI=1S/C24H23NO4/c1-17-7-5-8-19(15-17)27-13-6-14-28-20-11-12-22-21-9-3-4-10-23(21)25(24(22)16-20)29-18(2)26/h3-5,7-12,15-16H,6,13-14H2,1-2H3. The van der Waals surface area contributed by atoms with Crippen LogP contribution < -0.4 is 14.3 Å². The van der Waals surface area contributed by atoms with Crippen molar-refractivity contribution in [2.24, 2.45) is 0 Å². The second kappa shape index (κ2) is 8.27. The van der Waals surface area contributed by atoms with E-state index in [1.807, 2.05) is 73.7 Å². The highest BCUT2D eigenvalue weighted by Gasteiger charge is 2.13. The molecule has 29 heavy (non-hydrogen) atoms. The van der Waals surface area contributed by atoms with Gasteiger partial charge in [0.2, 0.25) is 0 Å². The average molecular weight is 389 g/mol. The van der Waals surface area contributed by atoms with Gasteiger partial charge in [-0.2, -0.15) is 4.73 Å². The lowest BCUT2D eigenvalue weighted by molar-refractivity contribution is -0.140. The van der Waals surface area contributed by atoms with Crippen molar-refractivity contribution >= 4 is 27.8 Å². The van der Waals surface area contributed by atoms with Crippen molar-refractivity contribution in [1.29, 1.82) is 0 Å². The van der Waals surface area contributed by atoms with Crippen LogP contribution in [0.3, 0.4) is 0 Å². The van der Waals surface area contributed by atoms with Crippen molar-refractivity contribution in [3.05, 3.63) is 72.3 Å². The van der Waals surface area contributed by atoms with Crippen LogP contribution in [0, 0.1) is 6.92 Å². The van der Waals surface area contributed by atoms with E-state index in [4.69, 9.17) is 14.3 Å². The molecule has 1 heterocycles. The van der Waals surface area contributed by atoms with Crippen LogP contribution in [0.5, 0.6) is 11.5 Å². The third-order valence-electron chi connectivity index (χ3n) is 4.64. The summed E-state index contributed by atoms with van der Waals surface area (Å²) in [5.74, 6) is 1.23. The zero-order valence-corrected chi connectivity index (χ0v) is 16.6. The van der Waals surface area contributed by atoms with Gasteiger partial charge in [0.15, 0.2) is 0 Å². The first-order valence-corrected chi connectivity index (χ1v) is 9.66. The number of rotatable bonds is 7. The minimum atomic E-state index is -0.368. The number of nitrogens with zero attached hydrogens (tertiary/aromatic N) is 1. The van der Waals surface area contributed by atoms with Crippen molar-refractivity contribution in [3.8, 4) is 11.5 Å². The molecule has 0 aliphatic heterocycles. The Labute approximate surface area is 169 Å². The molecule has 0 fully saturated rings. The Balaban J connectivity index is 1.45. The number of benzene rings is 3. The van der Waals surface area contributed by atoms with Gasteiger partial charge in [-0.25, -0.2) is 4.79 Å². The summed E-state index contributed by atoms with van der Waals surface area (Å²) in [6, 6.07) is 21.7. The molecular weight excluding hydrogens is 366 g/mol. The van der Waals surface area contributed by atoms with Gasteiger partial charge in [0, 0.05) is 30.2 Å². The molecule has 0 bridgehead atoms. The van der Waals surface area contributed by atoms with Gasteiger partial charge in [0.05, 0.1) is 24.2 Å². The van der Waals surface area contributed by atoms with E-state index >= 15 is 0 Å². The molecule has 148 valence electrons. The molecule has 0 amide bonds. The molecule has 5 heteroatoms. The number of hydrogen-bond donors (Lipinski definition) is 0. The van der Waals surface area contributed by atoms with E-state index in [0.29, 0.717) is 13.2 Å². The first-order chi connectivity index (χ1) is 14.1. The summed E-state index contributed by atoms with van der Waals surface area (Å²) < 4.78 is 13.2. The van der Waals surface area contributed by atoms with Crippen LogP contribution >= 0.6 is 0 Å². The molecule has 0 saturated carbocycles.